The Morgan fingerprint density at radius 1 is 1.16 bits per heavy atom. The highest BCUT2D eigenvalue weighted by Gasteiger charge is 2.13. The third kappa shape index (κ3) is 6.16. The van der Waals surface area contributed by atoms with E-state index in [4.69, 9.17) is 27.9 Å². The van der Waals surface area contributed by atoms with Gasteiger partial charge in [0.2, 0.25) is 0 Å². The van der Waals surface area contributed by atoms with Gasteiger partial charge in [0.05, 0.1) is 22.1 Å². The highest BCUT2D eigenvalue weighted by Crippen LogP contribution is 2.20. The molecule has 0 unspecified atom stereocenters. The van der Waals surface area contributed by atoms with E-state index in [1.807, 2.05) is 11.4 Å². The molecule has 1 amide bonds. The van der Waals surface area contributed by atoms with E-state index >= 15 is 0 Å². The Morgan fingerprint density at radius 2 is 1.96 bits per heavy atom. The molecule has 132 valence electrons. The lowest BCUT2D eigenvalue weighted by molar-refractivity contribution is -0.142. The quantitative estimate of drug-likeness (QED) is 0.413. The van der Waals surface area contributed by atoms with Gasteiger partial charge in [0.1, 0.15) is 6.54 Å². The van der Waals surface area contributed by atoms with Crippen LogP contribution in [0.5, 0.6) is 0 Å². The lowest BCUT2D eigenvalue weighted by Gasteiger charge is -2.07. The summed E-state index contributed by atoms with van der Waals surface area (Å²) in [5.74, 6) is -1.05. The van der Waals surface area contributed by atoms with Crippen molar-refractivity contribution < 1.29 is 19.1 Å². The maximum absolute atomic E-state index is 11.9. The predicted octanol–water partition coefficient (Wildman–Crippen LogP) is 3.99. The SMILES string of the molecule is O=C(CNC(=O)c1ccc(Cl)cc1Cl)OCCCC(=O)c1cccs1. The van der Waals surface area contributed by atoms with Gasteiger partial charge < -0.3 is 10.1 Å². The molecule has 0 saturated heterocycles. The van der Waals surface area contributed by atoms with E-state index in [-0.39, 0.29) is 29.5 Å². The van der Waals surface area contributed by atoms with Gasteiger partial charge in [-0.05, 0) is 36.1 Å². The third-order valence-corrected chi connectivity index (χ3v) is 4.63. The minimum atomic E-state index is -0.581. The van der Waals surface area contributed by atoms with E-state index in [1.165, 1.54) is 29.5 Å². The Bertz CT molecular complexity index is 762. The first-order valence-corrected chi connectivity index (χ1v) is 9.06. The van der Waals surface area contributed by atoms with Crippen molar-refractivity contribution in [3.05, 3.63) is 56.2 Å². The van der Waals surface area contributed by atoms with Crippen LogP contribution in [0, 0.1) is 0 Å². The summed E-state index contributed by atoms with van der Waals surface area (Å²) in [5.41, 5.74) is 0.223. The van der Waals surface area contributed by atoms with Gasteiger partial charge >= 0.3 is 5.97 Å². The maximum atomic E-state index is 11.9. The van der Waals surface area contributed by atoms with Gasteiger partial charge in [-0.1, -0.05) is 29.3 Å². The van der Waals surface area contributed by atoms with Crippen molar-refractivity contribution >= 4 is 52.2 Å². The Kier molecular flexibility index (Phi) is 7.43. The van der Waals surface area contributed by atoms with Crippen LogP contribution in [-0.4, -0.2) is 30.8 Å². The van der Waals surface area contributed by atoms with Gasteiger partial charge in [-0.25, -0.2) is 0 Å². The second-order valence-electron chi connectivity index (χ2n) is 5.03. The summed E-state index contributed by atoms with van der Waals surface area (Å²) < 4.78 is 4.99. The molecule has 0 fully saturated rings. The number of esters is 1. The smallest absolute Gasteiger partial charge is 0.325 e. The van der Waals surface area contributed by atoms with Crippen molar-refractivity contribution in [1.82, 2.24) is 5.32 Å². The number of amides is 1. The first-order chi connectivity index (χ1) is 12.0. The van der Waals surface area contributed by atoms with E-state index in [9.17, 15) is 14.4 Å². The number of carbonyl (C=O) groups excluding carboxylic acids is 3. The van der Waals surface area contributed by atoms with Gasteiger partial charge in [0, 0.05) is 11.4 Å². The van der Waals surface area contributed by atoms with Gasteiger partial charge in [0.15, 0.2) is 5.78 Å². The van der Waals surface area contributed by atoms with Crippen LogP contribution in [0.4, 0.5) is 0 Å². The molecule has 0 aliphatic carbocycles. The number of ketones is 1. The van der Waals surface area contributed by atoms with Gasteiger partial charge in [-0.2, -0.15) is 0 Å². The zero-order valence-corrected chi connectivity index (χ0v) is 15.4. The molecule has 2 aromatic rings. The summed E-state index contributed by atoms with van der Waals surface area (Å²) in [6.07, 6.45) is 0.736. The van der Waals surface area contributed by atoms with Crippen LogP contribution < -0.4 is 5.32 Å². The monoisotopic (exact) mass is 399 g/mol. The molecule has 0 spiro atoms. The fourth-order valence-electron chi connectivity index (χ4n) is 1.95. The molecule has 0 radical (unpaired) electrons. The minimum absolute atomic E-state index is 0.0248. The number of Topliss-reactive ketones (excluding diaryl/α,β-unsaturated/α-hetero) is 1. The minimum Gasteiger partial charge on any atom is -0.464 e. The van der Waals surface area contributed by atoms with E-state index in [2.05, 4.69) is 5.32 Å². The maximum Gasteiger partial charge on any atom is 0.325 e. The van der Waals surface area contributed by atoms with Crippen molar-refractivity contribution in [1.29, 1.82) is 0 Å². The van der Waals surface area contributed by atoms with E-state index in [0.29, 0.717) is 22.7 Å². The summed E-state index contributed by atoms with van der Waals surface area (Å²) in [7, 11) is 0. The standard InChI is InChI=1S/C17H15Cl2NO4S/c18-11-5-6-12(13(19)9-11)17(23)20-10-16(22)24-7-1-3-14(21)15-4-2-8-25-15/h2,4-6,8-9H,1,3,7,10H2,(H,20,23). The lowest BCUT2D eigenvalue weighted by Crippen LogP contribution is -2.31. The van der Waals surface area contributed by atoms with E-state index < -0.39 is 11.9 Å². The van der Waals surface area contributed by atoms with Crippen LogP contribution in [-0.2, 0) is 9.53 Å². The molecule has 8 heteroatoms. The Hall–Kier alpha value is -1.89. The second kappa shape index (κ2) is 9.56. The average molecular weight is 400 g/mol. The molecule has 1 N–H and O–H groups in total. The molecule has 1 heterocycles. The summed E-state index contributed by atoms with van der Waals surface area (Å²) in [5, 5.41) is 4.88. The topological polar surface area (TPSA) is 72.5 Å². The molecule has 0 saturated carbocycles. The zero-order chi connectivity index (χ0) is 18.2. The van der Waals surface area contributed by atoms with Crippen molar-refractivity contribution in [3.63, 3.8) is 0 Å². The van der Waals surface area contributed by atoms with Gasteiger partial charge in [-0.3, -0.25) is 14.4 Å². The van der Waals surface area contributed by atoms with Gasteiger partial charge in [-0.15, -0.1) is 11.3 Å². The number of ether oxygens (including phenoxy) is 1. The fraction of sp³-hybridized carbons (Fsp3) is 0.235. The molecule has 5 nitrogen and oxygen atoms in total. The normalized spacial score (nSPS) is 10.3. The van der Waals surface area contributed by atoms with E-state index in [0.717, 1.165) is 0 Å². The summed E-state index contributed by atoms with van der Waals surface area (Å²) >= 11 is 13.1. The van der Waals surface area contributed by atoms with Crippen LogP contribution in [0.2, 0.25) is 10.0 Å². The molecule has 0 bridgehead atoms. The number of hydrogen-bond acceptors (Lipinski definition) is 5. The van der Waals surface area contributed by atoms with Crippen LogP contribution >= 0.6 is 34.5 Å². The number of thiophene rings is 1. The fourth-order valence-corrected chi connectivity index (χ4v) is 3.14. The molecular formula is C17H15Cl2NO4S. The number of nitrogens with one attached hydrogen (secondary N) is 1. The molecular weight excluding hydrogens is 385 g/mol. The highest BCUT2D eigenvalue weighted by molar-refractivity contribution is 7.12. The molecule has 25 heavy (non-hydrogen) atoms. The summed E-state index contributed by atoms with van der Waals surface area (Å²) in [4.78, 5) is 36.0. The Labute approximate surface area is 158 Å². The average Bonchev–Trinajstić information content (AvgIpc) is 3.11. The largest absolute Gasteiger partial charge is 0.464 e. The van der Waals surface area contributed by atoms with Crippen molar-refractivity contribution in [2.45, 2.75) is 12.8 Å². The molecule has 1 aromatic heterocycles. The first-order valence-electron chi connectivity index (χ1n) is 7.43. The Morgan fingerprint density at radius 3 is 2.64 bits per heavy atom. The molecule has 1 aromatic carbocycles. The van der Waals surface area contributed by atoms with E-state index in [1.54, 1.807) is 6.07 Å². The second-order valence-corrected chi connectivity index (χ2v) is 6.82. The molecule has 0 aliphatic heterocycles. The number of carbonyl (C=O) groups is 3. The third-order valence-electron chi connectivity index (χ3n) is 3.18. The highest BCUT2D eigenvalue weighted by atomic mass is 35.5. The van der Waals surface area contributed by atoms with Crippen molar-refractivity contribution in [3.8, 4) is 0 Å². The molecule has 0 aliphatic rings. The predicted molar refractivity (Wildman–Crippen MR) is 97.6 cm³/mol. The number of rotatable bonds is 8. The van der Waals surface area contributed by atoms with Crippen molar-refractivity contribution in [2.24, 2.45) is 0 Å². The number of halogens is 2. The Balaban J connectivity index is 1.66. The number of benzene rings is 1. The van der Waals surface area contributed by atoms with Gasteiger partial charge in [0.25, 0.3) is 5.91 Å². The van der Waals surface area contributed by atoms with Crippen LogP contribution in [0.1, 0.15) is 32.9 Å². The summed E-state index contributed by atoms with van der Waals surface area (Å²) in [6.45, 7) is -0.163. The van der Waals surface area contributed by atoms with Crippen LogP contribution in [0.15, 0.2) is 35.7 Å². The molecule has 0 atom stereocenters. The molecule has 2 rings (SSSR count). The zero-order valence-electron chi connectivity index (χ0n) is 13.1. The van der Waals surface area contributed by atoms with Crippen LogP contribution in [0.25, 0.3) is 0 Å². The summed E-state index contributed by atoms with van der Waals surface area (Å²) in [6, 6.07) is 8.03. The van der Waals surface area contributed by atoms with Crippen molar-refractivity contribution in [2.75, 3.05) is 13.2 Å². The first kappa shape index (κ1) is 19.4. The lowest BCUT2D eigenvalue weighted by atomic mass is 10.2. The van der Waals surface area contributed by atoms with Crippen LogP contribution in [0.3, 0.4) is 0 Å². The number of hydrogen-bond donors (Lipinski definition) is 1.